The van der Waals surface area contributed by atoms with Crippen molar-refractivity contribution in [2.75, 3.05) is 26.2 Å². The lowest BCUT2D eigenvalue weighted by Crippen LogP contribution is -2.53. The number of amides is 1. The summed E-state index contributed by atoms with van der Waals surface area (Å²) in [5.41, 5.74) is 3.70. The van der Waals surface area contributed by atoms with E-state index in [2.05, 4.69) is 41.3 Å². The minimum absolute atomic E-state index is 0.0496. The topological polar surface area (TPSA) is 113 Å². The van der Waals surface area contributed by atoms with E-state index >= 15 is 0 Å². The number of carbonyl (C=O) groups excluding carboxylic acids is 3. The molecule has 8 heteroatoms. The number of carboxylic acid groups (broad SMARTS) is 2. The van der Waals surface area contributed by atoms with Gasteiger partial charge in [0.05, 0.1) is 6.04 Å². The molecule has 0 radical (unpaired) electrons. The predicted molar refractivity (Wildman–Crippen MR) is 124 cm³/mol. The number of carboxylic acids is 2. The maximum absolute atomic E-state index is 13.2. The van der Waals surface area contributed by atoms with Gasteiger partial charge in [0.15, 0.2) is 0 Å². The van der Waals surface area contributed by atoms with Crippen LogP contribution in [0, 0.1) is 5.92 Å². The average molecular weight is 479 g/mol. The van der Waals surface area contributed by atoms with Gasteiger partial charge in [0.1, 0.15) is 6.10 Å². The zero-order valence-electron chi connectivity index (χ0n) is 19.6. The normalized spacial score (nSPS) is 24.5. The fourth-order valence-corrected chi connectivity index (χ4v) is 5.20. The van der Waals surface area contributed by atoms with Crippen molar-refractivity contribution in [2.45, 2.75) is 44.2 Å². The number of aliphatic carboxylic acids is 2. The summed E-state index contributed by atoms with van der Waals surface area (Å²) in [6, 6.07) is 18.8. The van der Waals surface area contributed by atoms with Crippen molar-refractivity contribution in [3.8, 4) is 0 Å². The van der Waals surface area contributed by atoms with Crippen molar-refractivity contribution in [2.24, 2.45) is 5.92 Å². The second-order valence-corrected chi connectivity index (χ2v) is 9.26. The van der Waals surface area contributed by atoms with Gasteiger partial charge in [-0.25, -0.2) is 4.79 Å². The molecule has 35 heavy (non-hydrogen) atoms. The van der Waals surface area contributed by atoms with E-state index in [0.29, 0.717) is 12.5 Å². The number of hydrogen-bond donors (Lipinski definition) is 0. The molecule has 2 atom stereocenters. The lowest BCUT2D eigenvalue weighted by Gasteiger charge is -2.45. The first-order valence-corrected chi connectivity index (χ1v) is 12.1. The molecule has 4 aliphatic heterocycles. The first kappa shape index (κ1) is 24.7. The number of carbonyl (C=O) groups is 3. The van der Waals surface area contributed by atoms with Crippen LogP contribution in [0.15, 0.2) is 54.6 Å². The van der Waals surface area contributed by atoms with Gasteiger partial charge in [0, 0.05) is 25.0 Å². The summed E-state index contributed by atoms with van der Waals surface area (Å²) in [4.78, 5) is 36.6. The van der Waals surface area contributed by atoms with Crippen LogP contribution < -0.4 is 10.2 Å². The SMILES string of the molecule is O=C(O[C@H]1CN2CCC1CC2)N1CCc2ccccc2[C@@H]1c1ccccc1.O=C([O-])CCC(=O)[O-]. The maximum Gasteiger partial charge on any atom is 0.410 e. The molecule has 8 nitrogen and oxygen atoms in total. The van der Waals surface area contributed by atoms with Crippen molar-refractivity contribution < 1.29 is 29.3 Å². The van der Waals surface area contributed by atoms with Crippen molar-refractivity contribution >= 4 is 18.0 Å². The molecule has 2 bridgehead atoms. The summed E-state index contributed by atoms with van der Waals surface area (Å²) in [6.07, 6.45) is 2.15. The molecule has 0 aromatic heterocycles. The van der Waals surface area contributed by atoms with Gasteiger partial charge >= 0.3 is 6.09 Å². The van der Waals surface area contributed by atoms with E-state index in [1.807, 2.05) is 23.1 Å². The highest BCUT2D eigenvalue weighted by molar-refractivity contribution is 5.72. The molecule has 0 N–H and O–H groups in total. The van der Waals surface area contributed by atoms with E-state index < -0.39 is 24.8 Å². The molecule has 6 rings (SSSR count). The van der Waals surface area contributed by atoms with E-state index in [1.54, 1.807) is 0 Å². The molecule has 1 amide bonds. The minimum Gasteiger partial charge on any atom is -0.550 e. The zero-order valence-corrected chi connectivity index (χ0v) is 19.6. The van der Waals surface area contributed by atoms with E-state index in [-0.39, 0.29) is 18.2 Å². The summed E-state index contributed by atoms with van der Waals surface area (Å²) in [6.45, 7) is 3.91. The smallest absolute Gasteiger partial charge is 0.410 e. The fourth-order valence-electron chi connectivity index (χ4n) is 5.20. The fraction of sp³-hybridized carbons (Fsp3) is 0.444. The first-order chi connectivity index (χ1) is 16.9. The Hall–Kier alpha value is -3.39. The van der Waals surface area contributed by atoms with Crippen LogP contribution in [-0.2, 0) is 20.7 Å². The summed E-state index contributed by atoms with van der Waals surface area (Å²) in [7, 11) is 0. The van der Waals surface area contributed by atoms with Crippen LogP contribution in [0.25, 0.3) is 0 Å². The van der Waals surface area contributed by atoms with Crippen LogP contribution >= 0.6 is 0 Å². The highest BCUT2D eigenvalue weighted by atomic mass is 16.6. The monoisotopic (exact) mass is 478 g/mol. The number of benzene rings is 2. The molecule has 2 aromatic carbocycles. The summed E-state index contributed by atoms with van der Waals surface area (Å²) >= 11 is 0. The molecule has 3 saturated heterocycles. The standard InChI is InChI=1S/C23H26N2O2.C4H6O4/c26-23(27-21-16-24-13-10-18(21)11-14-24)25-15-12-17-6-4-5-9-20(17)22(25)19-7-2-1-3-8-19;5-3(6)1-2-4(7)8/h1-9,18,21-22H,10-16H2;1-2H2,(H,5,6)(H,7,8)/p-2/t21-,22-;/m0./s1. The summed E-state index contributed by atoms with van der Waals surface area (Å²) in [5.74, 6) is -2.20. The van der Waals surface area contributed by atoms with Gasteiger partial charge in [-0.2, -0.15) is 0 Å². The number of ether oxygens (including phenoxy) is 1. The Morgan fingerprint density at radius 3 is 2.09 bits per heavy atom. The molecule has 0 unspecified atom stereocenters. The predicted octanol–water partition coefficient (Wildman–Crippen LogP) is 1.13. The first-order valence-electron chi connectivity index (χ1n) is 12.1. The third-order valence-electron chi connectivity index (χ3n) is 7.01. The number of hydrogen-bond acceptors (Lipinski definition) is 7. The number of fused-ring (bicyclic) bond motifs is 4. The molecule has 4 heterocycles. The number of rotatable bonds is 5. The summed E-state index contributed by atoms with van der Waals surface area (Å²) < 4.78 is 6.08. The minimum atomic E-state index is -1.37. The van der Waals surface area contributed by atoms with Crippen LogP contribution in [0.5, 0.6) is 0 Å². The Morgan fingerprint density at radius 1 is 0.857 bits per heavy atom. The molecule has 3 fully saturated rings. The van der Waals surface area contributed by atoms with Crippen LogP contribution in [0.2, 0.25) is 0 Å². The summed E-state index contributed by atoms with van der Waals surface area (Å²) in [5, 5.41) is 19.0. The highest BCUT2D eigenvalue weighted by Crippen LogP contribution is 2.36. The highest BCUT2D eigenvalue weighted by Gasteiger charge is 2.39. The van der Waals surface area contributed by atoms with Gasteiger partial charge in [-0.15, -0.1) is 0 Å². The van der Waals surface area contributed by atoms with E-state index in [1.165, 1.54) is 11.1 Å². The van der Waals surface area contributed by atoms with E-state index in [9.17, 15) is 24.6 Å². The second kappa shape index (κ2) is 11.4. The van der Waals surface area contributed by atoms with Gasteiger partial charge < -0.3 is 24.5 Å². The van der Waals surface area contributed by atoms with Crippen LogP contribution in [0.4, 0.5) is 4.79 Å². The molecule has 0 spiro atoms. The van der Waals surface area contributed by atoms with Crippen molar-refractivity contribution in [1.29, 1.82) is 0 Å². The Labute approximate surface area is 205 Å². The van der Waals surface area contributed by atoms with Gasteiger partial charge in [-0.3, -0.25) is 9.80 Å². The molecular formula is C27H30N2O6-2. The third kappa shape index (κ3) is 6.19. The lowest BCUT2D eigenvalue weighted by molar-refractivity contribution is -0.315. The largest absolute Gasteiger partial charge is 0.550 e. The number of piperidine rings is 3. The molecule has 0 aliphatic carbocycles. The molecule has 0 saturated carbocycles. The van der Waals surface area contributed by atoms with Gasteiger partial charge in [-0.05, 0) is 67.8 Å². The third-order valence-corrected chi connectivity index (χ3v) is 7.01. The molecule has 4 aliphatic rings. The maximum atomic E-state index is 13.2. The number of nitrogens with zero attached hydrogens (tertiary/aromatic N) is 2. The van der Waals surface area contributed by atoms with Gasteiger partial charge in [0.25, 0.3) is 0 Å². The average Bonchev–Trinajstić information content (AvgIpc) is 2.88. The van der Waals surface area contributed by atoms with Crippen LogP contribution in [0.1, 0.15) is 48.4 Å². The van der Waals surface area contributed by atoms with Crippen molar-refractivity contribution in [1.82, 2.24) is 9.80 Å². The van der Waals surface area contributed by atoms with Crippen molar-refractivity contribution in [3.63, 3.8) is 0 Å². The van der Waals surface area contributed by atoms with Crippen LogP contribution in [0.3, 0.4) is 0 Å². The second-order valence-electron chi connectivity index (χ2n) is 9.26. The van der Waals surface area contributed by atoms with Gasteiger partial charge in [-0.1, -0.05) is 54.6 Å². The molecular weight excluding hydrogens is 448 g/mol. The van der Waals surface area contributed by atoms with Gasteiger partial charge in [0.2, 0.25) is 0 Å². The quantitative estimate of drug-likeness (QED) is 0.633. The Kier molecular flexibility index (Phi) is 8.02. The Bertz CT molecular complexity index is 1020. The Morgan fingerprint density at radius 2 is 1.49 bits per heavy atom. The molecule has 186 valence electrons. The molecule has 2 aromatic rings. The lowest BCUT2D eigenvalue weighted by atomic mass is 9.86. The Balaban J connectivity index is 0.000000314. The van der Waals surface area contributed by atoms with E-state index in [0.717, 1.165) is 44.5 Å². The van der Waals surface area contributed by atoms with Crippen molar-refractivity contribution in [3.05, 3.63) is 71.3 Å². The zero-order chi connectivity index (χ0) is 24.8. The van der Waals surface area contributed by atoms with E-state index in [4.69, 9.17) is 4.74 Å². The van der Waals surface area contributed by atoms with Crippen LogP contribution in [-0.4, -0.2) is 60.1 Å².